The zero-order chi connectivity index (χ0) is 17.3. The van der Waals surface area contributed by atoms with Crippen molar-refractivity contribution in [3.05, 3.63) is 65.9 Å². The summed E-state index contributed by atoms with van der Waals surface area (Å²) in [6, 6.07) is 16.1. The molecule has 3 rings (SSSR count). The van der Waals surface area contributed by atoms with Gasteiger partial charge in [0.1, 0.15) is 10.6 Å². The van der Waals surface area contributed by atoms with Crippen LogP contribution in [0.3, 0.4) is 0 Å². The van der Waals surface area contributed by atoms with E-state index in [2.05, 4.69) is 4.72 Å². The fourth-order valence-corrected chi connectivity index (χ4v) is 3.91. The van der Waals surface area contributed by atoms with E-state index in [0.717, 1.165) is 5.56 Å². The van der Waals surface area contributed by atoms with Crippen LogP contribution in [0.1, 0.15) is 16.1 Å². The van der Waals surface area contributed by atoms with Gasteiger partial charge >= 0.3 is 5.97 Å². The number of aromatic carboxylic acids is 1. The van der Waals surface area contributed by atoms with E-state index in [4.69, 9.17) is 0 Å². The Hall–Kier alpha value is -2.64. The van der Waals surface area contributed by atoms with E-state index in [0.29, 0.717) is 10.9 Å². The lowest BCUT2D eigenvalue weighted by atomic mass is 10.2. The molecule has 7 heteroatoms. The molecule has 3 aromatic rings. The van der Waals surface area contributed by atoms with Crippen molar-refractivity contribution in [2.45, 2.75) is 11.4 Å². The highest BCUT2D eigenvalue weighted by Crippen LogP contribution is 2.31. The molecule has 2 N–H and O–H groups in total. The Kier molecular flexibility index (Phi) is 4.13. The van der Waals surface area contributed by atoms with Crippen LogP contribution in [-0.2, 0) is 16.6 Å². The average Bonchev–Trinajstić information content (AvgIpc) is 2.91. The van der Waals surface area contributed by atoms with E-state index in [1.807, 2.05) is 30.3 Å². The molecule has 24 heavy (non-hydrogen) atoms. The first kappa shape index (κ1) is 16.2. The Morgan fingerprint density at radius 1 is 1.08 bits per heavy atom. The van der Waals surface area contributed by atoms with Crippen LogP contribution in [0.15, 0.2) is 59.5 Å². The van der Waals surface area contributed by atoms with Crippen molar-refractivity contribution < 1.29 is 18.3 Å². The number of hydrogen-bond donors (Lipinski definition) is 2. The summed E-state index contributed by atoms with van der Waals surface area (Å²) in [5.74, 6) is -1.28. The molecule has 0 atom stereocenters. The van der Waals surface area contributed by atoms with Crippen LogP contribution >= 0.6 is 0 Å². The minimum Gasteiger partial charge on any atom is -0.477 e. The van der Waals surface area contributed by atoms with Crippen molar-refractivity contribution in [3.8, 4) is 0 Å². The third kappa shape index (κ3) is 2.68. The van der Waals surface area contributed by atoms with E-state index in [1.165, 1.54) is 11.6 Å². The largest absolute Gasteiger partial charge is 0.477 e. The highest BCUT2D eigenvalue weighted by Gasteiger charge is 2.30. The normalized spacial score (nSPS) is 11.7. The minimum absolute atomic E-state index is 0.205. The molecule has 0 unspecified atom stereocenters. The molecule has 1 heterocycles. The molecule has 0 aliphatic heterocycles. The maximum Gasteiger partial charge on any atom is 0.353 e. The van der Waals surface area contributed by atoms with Crippen LogP contribution in [-0.4, -0.2) is 31.1 Å². The second-order valence-corrected chi connectivity index (χ2v) is 7.10. The predicted octanol–water partition coefficient (Wildman–Crippen LogP) is 2.30. The van der Waals surface area contributed by atoms with Gasteiger partial charge in [0.15, 0.2) is 0 Å². The SMILES string of the molecule is CNS(=O)(=O)c1c(C(=O)O)n(Cc2ccccc2)c2ccccc12. The Balaban J connectivity index is 2.36. The van der Waals surface area contributed by atoms with E-state index < -0.39 is 16.0 Å². The van der Waals surface area contributed by atoms with Crippen molar-refractivity contribution >= 4 is 26.9 Å². The summed E-state index contributed by atoms with van der Waals surface area (Å²) >= 11 is 0. The van der Waals surface area contributed by atoms with Crippen molar-refractivity contribution in [1.82, 2.24) is 9.29 Å². The van der Waals surface area contributed by atoms with E-state index in [1.54, 1.807) is 24.3 Å². The fourth-order valence-electron chi connectivity index (χ4n) is 2.79. The lowest BCUT2D eigenvalue weighted by Gasteiger charge is -2.09. The summed E-state index contributed by atoms with van der Waals surface area (Å²) in [5.41, 5.74) is 1.20. The summed E-state index contributed by atoms with van der Waals surface area (Å²) in [6.45, 7) is 0.266. The first-order chi connectivity index (χ1) is 11.5. The molecule has 6 nitrogen and oxygen atoms in total. The van der Waals surface area contributed by atoms with Gasteiger partial charge in [0.25, 0.3) is 0 Å². The number of rotatable bonds is 5. The maximum atomic E-state index is 12.4. The van der Waals surface area contributed by atoms with E-state index >= 15 is 0 Å². The molecular weight excluding hydrogens is 328 g/mol. The molecule has 0 spiro atoms. The molecular formula is C17H16N2O4S. The second-order valence-electron chi connectivity index (χ2n) is 5.28. The van der Waals surface area contributed by atoms with E-state index in [9.17, 15) is 18.3 Å². The summed E-state index contributed by atoms with van der Waals surface area (Å²) in [7, 11) is -2.66. The second kappa shape index (κ2) is 6.10. The molecule has 124 valence electrons. The number of nitrogens with zero attached hydrogens (tertiary/aromatic N) is 1. The molecule has 0 aliphatic rings. The first-order valence-corrected chi connectivity index (χ1v) is 8.76. The van der Waals surface area contributed by atoms with E-state index in [-0.39, 0.29) is 17.1 Å². The maximum absolute atomic E-state index is 12.4. The lowest BCUT2D eigenvalue weighted by molar-refractivity contribution is 0.0681. The highest BCUT2D eigenvalue weighted by molar-refractivity contribution is 7.89. The van der Waals surface area contributed by atoms with Crippen LogP contribution < -0.4 is 4.72 Å². The molecule has 0 amide bonds. The van der Waals surface area contributed by atoms with Crippen LogP contribution in [0.5, 0.6) is 0 Å². The number of benzene rings is 2. The quantitative estimate of drug-likeness (QED) is 0.743. The number of aromatic nitrogens is 1. The van der Waals surface area contributed by atoms with Gasteiger partial charge in [-0.05, 0) is 18.7 Å². The summed E-state index contributed by atoms with van der Waals surface area (Å²) in [4.78, 5) is 11.6. The molecule has 0 saturated carbocycles. The number of carbonyl (C=O) groups is 1. The van der Waals surface area contributed by atoms with Crippen molar-refractivity contribution in [3.63, 3.8) is 0 Å². The number of para-hydroxylation sites is 1. The van der Waals surface area contributed by atoms with Gasteiger partial charge in [-0.3, -0.25) is 0 Å². The van der Waals surface area contributed by atoms with Crippen LogP contribution in [0.25, 0.3) is 10.9 Å². The number of hydrogen-bond acceptors (Lipinski definition) is 3. The predicted molar refractivity (Wildman–Crippen MR) is 90.7 cm³/mol. The monoisotopic (exact) mass is 344 g/mol. The van der Waals surface area contributed by atoms with Gasteiger partial charge in [0, 0.05) is 11.9 Å². The van der Waals surface area contributed by atoms with Crippen LogP contribution in [0, 0.1) is 0 Å². The number of carboxylic acid groups (broad SMARTS) is 1. The summed E-state index contributed by atoms with van der Waals surface area (Å²) in [5, 5.41) is 10.1. The molecule has 0 bridgehead atoms. The number of carboxylic acids is 1. The molecule has 0 fully saturated rings. The number of sulfonamides is 1. The zero-order valence-corrected chi connectivity index (χ0v) is 13.7. The van der Waals surface area contributed by atoms with Crippen LogP contribution in [0.2, 0.25) is 0 Å². The van der Waals surface area contributed by atoms with Crippen molar-refractivity contribution in [2.75, 3.05) is 7.05 Å². The van der Waals surface area contributed by atoms with Gasteiger partial charge in [-0.1, -0.05) is 48.5 Å². The van der Waals surface area contributed by atoms with Crippen molar-refractivity contribution in [1.29, 1.82) is 0 Å². The third-order valence-electron chi connectivity index (χ3n) is 3.85. The van der Waals surface area contributed by atoms with Gasteiger partial charge in [-0.15, -0.1) is 0 Å². The van der Waals surface area contributed by atoms with Crippen LogP contribution in [0.4, 0.5) is 0 Å². The Morgan fingerprint density at radius 3 is 2.33 bits per heavy atom. The summed E-state index contributed by atoms with van der Waals surface area (Å²) < 4.78 is 28.6. The average molecular weight is 344 g/mol. The minimum atomic E-state index is -3.92. The Labute approximate surface area is 139 Å². The Bertz CT molecular complexity index is 1010. The molecule has 0 aliphatic carbocycles. The molecule has 0 radical (unpaired) electrons. The zero-order valence-electron chi connectivity index (χ0n) is 12.9. The number of fused-ring (bicyclic) bond motifs is 1. The first-order valence-electron chi connectivity index (χ1n) is 7.27. The highest BCUT2D eigenvalue weighted by atomic mass is 32.2. The van der Waals surface area contributed by atoms with Gasteiger partial charge in [0.2, 0.25) is 10.0 Å². The topological polar surface area (TPSA) is 88.4 Å². The lowest BCUT2D eigenvalue weighted by Crippen LogP contribution is -2.22. The third-order valence-corrected chi connectivity index (χ3v) is 5.34. The van der Waals surface area contributed by atoms with Gasteiger partial charge in [-0.2, -0.15) is 0 Å². The number of nitrogens with one attached hydrogen (secondary N) is 1. The molecule has 0 saturated heterocycles. The smallest absolute Gasteiger partial charge is 0.353 e. The van der Waals surface area contributed by atoms with Gasteiger partial charge < -0.3 is 9.67 Å². The van der Waals surface area contributed by atoms with Gasteiger partial charge in [-0.25, -0.2) is 17.9 Å². The molecule has 2 aromatic carbocycles. The summed E-state index contributed by atoms with van der Waals surface area (Å²) in [6.07, 6.45) is 0. The molecule has 1 aromatic heterocycles. The van der Waals surface area contributed by atoms with Crippen molar-refractivity contribution in [2.24, 2.45) is 0 Å². The standard InChI is InChI=1S/C17H16N2O4S/c1-18-24(22,23)16-13-9-5-6-10-14(13)19(15(16)17(20)21)11-12-7-3-2-4-8-12/h2-10,18H,11H2,1H3,(H,20,21). The van der Waals surface area contributed by atoms with Gasteiger partial charge in [0.05, 0.1) is 5.52 Å². The Morgan fingerprint density at radius 2 is 1.71 bits per heavy atom. The fraction of sp³-hybridized carbons (Fsp3) is 0.118.